The van der Waals surface area contributed by atoms with Crippen LogP contribution in [0.3, 0.4) is 0 Å². The first-order chi connectivity index (χ1) is 15.2. The minimum absolute atomic E-state index is 0.635. The number of hydrogen-bond acceptors (Lipinski definition) is 5. The van der Waals surface area contributed by atoms with Crippen molar-refractivity contribution in [2.75, 3.05) is 5.73 Å². The summed E-state index contributed by atoms with van der Waals surface area (Å²) in [6.45, 7) is 1.96. The van der Waals surface area contributed by atoms with Gasteiger partial charge in [0, 0.05) is 41.1 Å². The number of nitrogen functional groups attached to an aromatic ring is 1. The Labute approximate surface area is 176 Å². The standard InChI is InChI=1S/C23H18N8/c1-13-11-31(12-27-13)23-18-8-21(28-19(18)4-5-26-23)22-17-7-14(2-3-20(17)29-30-22)15-6-16(24)10-25-9-15/h2-12,28H,24H2,1H3,(H,29,30). The fraction of sp³-hybridized carbons (Fsp3) is 0.0435. The highest BCUT2D eigenvalue weighted by Crippen LogP contribution is 2.33. The molecule has 0 fully saturated rings. The lowest BCUT2D eigenvalue weighted by Crippen LogP contribution is -1.94. The van der Waals surface area contributed by atoms with Crippen LogP contribution < -0.4 is 5.73 Å². The average molecular weight is 406 g/mol. The van der Waals surface area contributed by atoms with Crippen molar-refractivity contribution >= 4 is 27.5 Å². The molecular weight excluding hydrogens is 388 g/mol. The lowest BCUT2D eigenvalue weighted by atomic mass is 10.0. The van der Waals surface area contributed by atoms with E-state index in [4.69, 9.17) is 5.73 Å². The van der Waals surface area contributed by atoms with Crippen LogP contribution in [0.15, 0.2) is 67.5 Å². The number of aromatic nitrogens is 7. The average Bonchev–Trinajstić information content (AvgIpc) is 3.50. The summed E-state index contributed by atoms with van der Waals surface area (Å²) in [6, 6.07) is 12.1. The van der Waals surface area contributed by atoms with Gasteiger partial charge in [-0.3, -0.25) is 14.6 Å². The van der Waals surface area contributed by atoms with E-state index >= 15 is 0 Å². The van der Waals surface area contributed by atoms with Crippen molar-refractivity contribution in [3.8, 4) is 28.3 Å². The zero-order valence-corrected chi connectivity index (χ0v) is 16.7. The molecule has 8 heteroatoms. The molecule has 0 spiro atoms. The zero-order valence-electron chi connectivity index (χ0n) is 16.7. The number of fused-ring (bicyclic) bond motifs is 2. The van der Waals surface area contributed by atoms with E-state index in [1.54, 1.807) is 18.7 Å². The number of anilines is 1. The number of aromatic amines is 2. The molecule has 8 nitrogen and oxygen atoms in total. The molecule has 6 aromatic rings. The summed E-state index contributed by atoms with van der Waals surface area (Å²) in [5, 5.41) is 9.73. The molecule has 5 heterocycles. The Bertz CT molecular complexity index is 1570. The first-order valence-electron chi connectivity index (χ1n) is 9.84. The van der Waals surface area contributed by atoms with Gasteiger partial charge in [0.15, 0.2) is 0 Å². The maximum atomic E-state index is 5.92. The predicted octanol–water partition coefficient (Wildman–Crippen LogP) is 4.24. The second kappa shape index (κ2) is 6.53. The van der Waals surface area contributed by atoms with Gasteiger partial charge in [0.25, 0.3) is 0 Å². The number of rotatable bonds is 3. The van der Waals surface area contributed by atoms with Gasteiger partial charge in [-0.1, -0.05) is 6.07 Å². The second-order valence-corrected chi connectivity index (χ2v) is 7.54. The molecule has 0 unspecified atom stereocenters. The van der Waals surface area contributed by atoms with Crippen molar-refractivity contribution in [3.05, 3.63) is 73.2 Å². The van der Waals surface area contributed by atoms with E-state index in [9.17, 15) is 0 Å². The van der Waals surface area contributed by atoms with Crippen molar-refractivity contribution < 1.29 is 0 Å². The van der Waals surface area contributed by atoms with Crippen molar-refractivity contribution in [2.45, 2.75) is 6.92 Å². The van der Waals surface area contributed by atoms with Gasteiger partial charge in [0.05, 0.1) is 28.1 Å². The third-order valence-corrected chi connectivity index (χ3v) is 5.39. The first kappa shape index (κ1) is 17.4. The molecule has 6 rings (SSSR count). The first-order valence-corrected chi connectivity index (χ1v) is 9.84. The van der Waals surface area contributed by atoms with Crippen LogP contribution in [0.1, 0.15) is 5.69 Å². The highest BCUT2D eigenvalue weighted by molar-refractivity contribution is 5.99. The summed E-state index contributed by atoms with van der Waals surface area (Å²) in [7, 11) is 0. The van der Waals surface area contributed by atoms with Crippen LogP contribution in [0.25, 0.3) is 50.1 Å². The molecule has 0 saturated carbocycles. The van der Waals surface area contributed by atoms with Crippen molar-refractivity contribution in [1.82, 2.24) is 34.7 Å². The Balaban J connectivity index is 1.51. The molecule has 0 bridgehead atoms. The molecule has 31 heavy (non-hydrogen) atoms. The number of nitrogens with one attached hydrogen (secondary N) is 2. The van der Waals surface area contributed by atoms with Gasteiger partial charge in [-0.2, -0.15) is 5.10 Å². The van der Waals surface area contributed by atoms with Gasteiger partial charge in [0.1, 0.15) is 17.8 Å². The minimum atomic E-state index is 0.635. The van der Waals surface area contributed by atoms with E-state index < -0.39 is 0 Å². The molecule has 4 N–H and O–H groups in total. The van der Waals surface area contributed by atoms with Crippen molar-refractivity contribution in [1.29, 1.82) is 0 Å². The maximum Gasteiger partial charge on any atom is 0.147 e. The monoisotopic (exact) mass is 406 g/mol. The Kier molecular flexibility index (Phi) is 3.66. The van der Waals surface area contributed by atoms with Crippen LogP contribution in [-0.2, 0) is 0 Å². The van der Waals surface area contributed by atoms with E-state index in [2.05, 4.69) is 42.3 Å². The van der Waals surface area contributed by atoms with Crippen LogP contribution in [-0.4, -0.2) is 34.7 Å². The number of H-pyrrole nitrogens is 2. The fourth-order valence-corrected chi connectivity index (χ4v) is 3.92. The minimum Gasteiger partial charge on any atom is -0.397 e. The van der Waals surface area contributed by atoms with E-state index in [1.165, 1.54) is 0 Å². The molecule has 0 radical (unpaired) electrons. The number of hydrogen-bond donors (Lipinski definition) is 3. The van der Waals surface area contributed by atoms with Gasteiger partial charge in [-0.05, 0) is 42.8 Å². The summed E-state index contributed by atoms with van der Waals surface area (Å²) in [5.41, 5.74) is 13.2. The smallest absolute Gasteiger partial charge is 0.147 e. The van der Waals surface area contributed by atoms with Gasteiger partial charge < -0.3 is 10.7 Å². The molecule has 0 aliphatic rings. The number of nitrogens with zero attached hydrogens (tertiary/aromatic N) is 5. The van der Waals surface area contributed by atoms with Crippen LogP contribution in [0, 0.1) is 6.92 Å². The lowest BCUT2D eigenvalue weighted by molar-refractivity contribution is 1.01. The largest absolute Gasteiger partial charge is 0.397 e. The highest BCUT2D eigenvalue weighted by atomic mass is 15.1. The maximum absolute atomic E-state index is 5.92. The van der Waals surface area contributed by atoms with Gasteiger partial charge in [-0.15, -0.1) is 0 Å². The van der Waals surface area contributed by atoms with Gasteiger partial charge >= 0.3 is 0 Å². The van der Waals surface area contributed by atoms with Gasteiger partial charge in [0.2, 0.25) is 0 Å². The number of benzene rings is 1. The third-order valence-electron chi connectivity index (χ3n) is 5.39. The quantitative estimate of drug-likeness (QED) is 0.407. The van der Waals surface area contributed by atoms with E-state index in [-0.39, 0.29) is 0 Å². The molecule has 1 aromatic carbocycles. The fourth-order valence-electron chi connectivity index (χ4n) is 3.92. The van der Waals surface area contributed by atoms with Gasteiger partial charge in [-0.25, -0.2) is 9.97 Å². The lowest BCUT2D eigenvalue weighted by Gasteiger charge is -2.03. The third kappa shape index (κ3) is 2.84. The molecule has 0 saturated heterocycles. The predicted molar refractivity (Wildman–Crippen MR) is 121 cm³/mol. The van der Waals surface area contributed by atoms with Crippen LogP contribution in [0.2, 0.25) is 0 Å². The molecule has 0 aliphatic carbocycles. The van der Waals surface area contributed by atoms with Crippen LogP contribution >= 0.6 is 0 Å². The second-order valence-electron chi connectivity index (χ2n) is 7.54. The summed E-state index contributed by atoms with van der Waals surface area (Å²) in [6.07, 6.45) is 8.99. The normalized spacial score (nSPS) is 11.5. The Morgan fingerprint density at radius 2 is 1.87 bits per heavy atom. The highest BCUT2D eigenvalue weighted by Gasteiger charge is 2.15. The Morgan fingerprint density at radius 3 is 2.71 bits per heavy atom. The number of nitrogens with two attached hydrogens (primary N) is 1. The summed E-state index contributed by atoms with van der Waals surface area (Å²) >= 11 is 0. The molecule has 0 aliphatic heterocycles. The Hall–Kier alpha value is -4.46. The number of pyridine rings is 2. The SMILES string of the molecule is Cc1cn(-c2nccc3[nH]c(-c4n[nH]c5ccc(-c6cncc(N)c6)cc45)cc23)cn1. The summed E-state index contributed by atoms with van der Waals surface area (Å²) < 4.78 is 1.93. The van der Waals surface area contributed by atoms with E-state index in [1.807, 2.05) is 48.1 Å². The number of imidazole rings is 1. The van der Waals surface area contributed by atoms with Crippen LogP contribution in [0.4, 0.5) is 5.69 Å². The van der Waals surface area contributed by atoms with Crippen molar-refractivity contribution in [3.63, 3.8) is 0 Å². The molecule has 0 amide bonds. The summed E-state index contributed by atoms with van der Waals surface area (Å²) in [5.74, 6) is 0.826. The topological polar surface area (TPSA) is 114 Å². The molecule has 150 valence electrons. The van der Waals surface area contributed by atoms with E-state index in [0.717, 1.165) is 55.8 Å². The van der Waals surface area contributed by atoms with Crippen molar-refractivity contribution in [2.24, 2.45) is 0 Å². The summed E-state index contributed by atoms with van der Waals surface area (Å²) in [4.78, 5) is 16.6. The Morgan fingerprint density at radius 1 is 0.935 bits per heavy atom. The molecule has 0 atom stereocenters. The zero-order chi connectivity index (χ0) is 20.9. The molecule has 5 aromatic heterocycles. The van der Waals surface area contributed by atoms with Crippen LogP contribution in [0.5, 0.6) is 0 Å². The van der Waals surface area contributed by atoms with E-state index in [0.29, 0.717) is 5.69 Å². The molecular formula is C23H18N8. The number of aryl methyl sites for hydroxylation is 1.